The van der Waals surface area contributed by atoms with E-state index in [2.05, 4.69) is 96.4 Å². The zero-order valence-corrected chi connectivity index (χ0v) is 20.2. The van der Waals surface area contributed by atoms with Gasteiger partial charge in [0.25, 0.3) is 0 Å². The van der Waals surface area contributed by atoms with E-state index in [0.29, 0.717) is 0 Å². The van der Waals surface area contributed by atoms with Crippen LogP contribution in [0.4, 0.5) is 0 Å². The summed E-state index contributed by atoms with van der Waals surface area (Å²) in [7, 11) is -2.56. The molecule has 0 unspecified atom stereocenters. The Morgan fingerprint density at radius 2 is 1.07 bits per heavy atom. The summed E-state index contributed by atoms with van der Waals surface area (Å²) in [4.78, 5) is 9.07. The minimum Gasteiger partial charge on any atom is -0.255 e. The van der Waals surface area contributed by atoms with E-state index in [1.54, 1.807) is 0 Å². The van der Waals surface area contributed by atoms with Gasteiger partial charge in [-0.2, -0.15) is 0 Å². The number of hydrogen-bond acceptors (Lipinski definition) is 2. The molecule has 0 radical (unpaired) electrons. The highest BCUT2D eigenvalue weighted by Crippen LogP contribution is 2.18. The number of aryl methyl sites for hydroxylation is 2. The van der Waals surface area contributed by atoms with E-state index in [1.165, 1.54) is 11.1 Å². The number of pyridine rings is 2. The number of hydrogen-bond donors (Lipinski definition) is 0. The summed E-state index contributed by atoms with van der Waals surface area (Å²) < 4.78 is 0. The summed E-state index contributed by atoms with van der Waals surface area (Å²) in [6.45, 7) is 13.7. The Morgan fingerprint density at radius 1 is 0.679 bits per heavy atom. The van der Waals surface area contributed by atoms with Crippen LogP contribution in [0.3, 0.4) is 0 Å². The fourth-order valence-electron chi connectivity index (χ4n) is 2.61. The Bertz CT molecular complexity index is 836. The van der Waals surface area contributed by atoms with Gasteiger partial charge in [0.05, 0.1) is 11.4 Å². The van der Waals surface area contributed by atoms with Crippen molar-refractivity contribution < 1.29 is 0 Å². The molecule has 0 aromatic carbocycles. The van der Waals surface area contributed by atoms with E-state index in [0.717, 1.165) is 37.1 Å². The number of rotatable bonds is 5. The maximum atomic E-state index is 4.53. The predicted molar refractivity (Wildman–Crippen MR) is 126 cm³/mol. The highest BCUT2D eigenvalue weighted by molar-refractivity contribution is 6.84. The lowest BCUT2D eigenvalue weighted by Crippen LogP contribution is -2.16. The molecule has 0 N–H and O–H groups in total. The molecule has 2 rings (SSSR count). The highest BCUT2D eigenvalue weighted by Gasteiger charge is 2.08. The van der Waals surface area contributed by atoms with Gasteiger partial charge in [0.2, 0.25) is 0 Å². The van der Waals surface area contributed by atoms with Crippen molar-refractivity contribution in [1.29, 1.82) is 0 Å². The lowest BCUT2D eigenvalue weighted by atomic mass is 10.1. The van der Waals surface area contributed by atoms with Gasteiger partial charge < -0.3 is 0 Å². The minimum absolute atomic E-state index is 0.900. The largest absolute Gasteiger partial charge is 0.255 e. The SMILES string of the molecule is C[Si](C)(C)C#CCCc1ccnc(-c2cc(CCC#C[Si](C)(C)C)ccn2)c1. The van der Waals surface area contributed by atoms with Crippen LogP contribution in [0.15, 0.2) is 36.7 Å². The molecule has 0 aliphatic rings. The molecule has 0 atom stereocenters. The van der Waals surface area contributed by atoms with Crippen LogP contribution in [0.1, 0.15) is 24.0 Å². The third kappa shape index (κ3) is 8.69. The quantitative estimate of drug-likeness (QED) is 0.467. The van der Waals surface area contributed by atoms with Crippen molar-refractivity contribution in [2.75, 3.05) is 0 Å². The smallest absolute Gasteiger partial charge is 0.129 e. The standard InChI is InChI=1S/C24H32N2Si2/c1-27(2,3)17-9-7-11-21-13-15-25-23(19-21)24-20-22(14-16-26-24)12-8-10-18-28(4,5)6/h13-16,19-20H,7-8,11-12H2,1-6H3. The monoisotopic (exact) mass is 404 g/mol. The number of nitrogens with zero attached hydrogens (tertiary/aromatic N) is 2. The molecule has 2 aromatic rings. The molecule has 0 saturated heterocycles. The second-order valence-corrected chi connectivity index (χ2v) is 18.7. The molecule has 0 aliphatic carbocycles. The molecule has 0 fully saturated rings. The first-order valence-corrected chi connectivity index (χ1v) is 17.0. The third-order valence-electron chi connectivity index (χ3n) is 3.92. The van der Waals surface area contributed by atoms with Crippen molar-refractivity contribution in [1.82, 2.24) is 9.97 Å². The van der Waals surface area contributed by atoms with E-state index >= 15 is 0 Å². The molecule has 146 valence electrons. The van der Waals surface area contributed by atoms with Crippen molar-refractivity contribution in [3.05, 3.63) is 47.8 Å². The molecular formula is C24H32N2Si2. The van der Waals surface area contributed by atoms with Crippen LogP contribution >= 0.6 is 0 Å². The summed E-state index contributed by atoms with van der Waals surface area (Å²) >= 11 is 0. The molecule has 0 saturated carbocycles. The van der Waals surface area contributed by atoms with Gasteiger partial charge in [0.15, 0.2) is 0 Å². The fourth-order valence-corrected chi connectivity index (χ4v) is 3.92. The van der Waals surface area contributed by atoms with Gasteiger partial charge in [-0.25, -0.2) is 0 Å². The van der Waals surface area contributed by atoms with Gasteiger partial charge in [-0.1, -0.05) is 39.3 Å². The molecule has 4 heteroatoms. The van der Waals surface area contributed by atoms with Gasteiger partial charge in [-0.3, -0.25) is 9.97 Å². The molecule has 2 heterocycles. The minimum atomic E-state index is -1.28. The van der Waals surface area contributed by atoms with Crippen molar-refractivity contribution in [2.24, 2.45) is 0 Å². The van der Waals surface area contributed by atoms with E-state index in [4.69, 9.17) is 0 Å². The maximum Gasteiger partial charge on any atom is 0.129 e. The first kappa shape index (κ1) is 22.1. The van der Waals surface area contributed by atoms with Gasteiger partial charge in [0, 0.05) is 25.2 Å². The van der Waals surface area contributed by atoms with Crippen LogP contribution in [0.25, 0.3) is 11.4 Å². The van der Waals surface area contributed by atoms with E-state index in [-0.39, 0.29) is 0 Å². The lowest BCUT2D eigenvalue weighted by molar-refractivity contribution is 1.01. The van der Waals surface area contributed by atoms with Gasteiger partial charge in [-0.05, 0) is 48.2 Å². The van der Waals surface area contributed by atoms with Crippen LogP contribution in [-0.2, 0) is 12.8 Å². The molecule has 2 aromatic heterocycles. The molecule has 0 spiro atoms. The fraction of sp³-hybridized carbons (Fsp3) is 0.417. The Labute approximate surface area is 173 Å². The molecule has 0 bridgehead atoms. The van der Waals surface area contributed by atoms with Gasteiger partial charge in [0.1, 0.15) is 16.1 Å². The van der Waals surface area contributed by atoms with Crippen molar-refractivity contribution in [3.63, 3.8) is 0 Å². The summed E-state index contributed by atoms with van der Waals surface area (Å²) in [5.41, 5.74) is 11.3. The Morgan fingerprint density at radius 3 is 1.43 bits per heavy atom. The summed E-state index contributed by atoms with van der Waals surface area (Å²) in [5.74, 6) is 6.69. The summed E-state index contributed by atoms with van der Waals surface area (Å²) in [6, 6.07) is 8.45. The van der Waals surface area contributed by atoms with Crippen LogP contribution in [0, 0.1) is 22.9 Å². The number of aromatic nitrogens is 2. The topological polar surface area (TPSA) is 25.8 Å². The average Bonchev–Trinajstić information content (AvgIpc) is 2.61. The van der Waals surface area contributed by atoms with Crippen molar-refractivity contribution in [2.45, 2.75) is 65.0 Å². The van der Waals surface area contributed by atoms with Gasteiger partial charge >= 0.3 is 0 Å². The Kier molecular flexibility index (Phi) is 7.81. The molecule has 2 nitrogen and oxygen atoms in total. The predicted octanol–water partition coefficient (Wildman–Crippen LogP) is 5.77. The summed E-state index contributed by atoms with van der Waals surface area (Å²) in [6.07, 6.45) is 7.47. The van der Waals surface area contributed by atoms with Crippen molar-refractivity contribution in [3.8, 4) is 34.3 Å². The molecule has 0 amide bonds. The highest BCUT2D eigenvalue weighted by atomic mass is 28.3. The first-order chi connectivity index (χ1) is 13.1. The molecule has 0 aliphatic heterocycles. The van der Waals surface area contributed by atoms with Crippen LogP contribution in [-0.4, -0.2) is 26.1 Å². The van der Waals surface area contributed by atoms with Crippen molar-refractivity contribution >= 4 is 16.1 Å². The third-order valence-corrected chi connectivity index (χ3v) is 5.77. The van der Waals surface area contributed by atoms with E-state index < -0.39 is 16.1 Å². The maximum absolute atomic E-state index is 4.53. The van der Waals surface area contributed by atoms with Gasteiger partial charge in [-0.15, -0.1) is 22.9 Å². The average molecular weight is 405 g/mol. The Hall–Kier alpha value is -2.15. The zero-order valence-electron chi connectivity index (χ0n) is 18.2. The first-order valence-electron chi connectivity index (χ1n) is 10.0. The van der Waals surface area contributed by atoms with Crippen LogP contribution in [0.5, 0.6) is 0 Å². The molecular weight excluding hydrogens is 372 g/mol. The second kappa shape index (κ2) is 9.87. The van der Waals surface area contributed by atoms with Crippen LogP contribution in [0.2, 0.25) is 39.3 Å². The van der Waals surface area contributed by atoms with Crippen LogP contribution < -0.4 is 0 Å². The normalized spacial score (nSPS) is 11.2. The second-order valence-electron chi connectivity index (χ2n) is 9.20. The molecule has 28 heavy (non-hydrogen) atoms. The zero-order chi connectivity index (χ0) is 20.6. The lowest BCUT2D eigenvalue weighted by Gasteiger charge is -2.06. The van der Waals surface area contributed by atoms with E-state index in [1.807, 2.05) is 12.4 Å². The summed E-state index contributed by atoms with van der Waals surface area (Å²) in [5, 5.41) is 0. The van der Waals surface area contributed by atoms with E-state index in [9.17, 15) is 0 Å². The Balaban J connectivity index is 2.04.